The van der Waals surface area contributed by atoms with Gasteiger partial charge in [-0.1, -0.05) is 12.1 Å². The molecule has 0 saturated carbocycles. The van der Waals surface area contributed by atoms with E-state index in [9.17, 15) is 13.2 Å². The summed E-state index contributed by atoms with van der Waals surface area (Å²) in [6, 6.07) is 17.5. The minimum Gasteiger partial charge on any atom is -0.369 e. The number of thiophene rings is 1. The van der Waals surface area contributed by atoms with Crippen LogP contribution in [0.15, 0.2) is 82.8 Å². The van der Waals surface area contributed by atoms with E-state index in [4.69, 9.17) is 0 Å². The smallest absolute Gasteiger partial charge is 0.261 e. The third-order valence-corrected chi connectivity index (χ3v) is 9.12. The minimum atomic E-state index is -3.62. The molecule has 0 unspecified atom stereocenters. The second kappa shape index (κ2) is 9.77. The molecule has 35 heavy (non-hydrogen) atoms. The van der Waals surface area contributed by atoms with Gasteiger partial charge in [-0.05, 0) is 66.5 Å². The predicted molar refractivity (Wildman–Crippen MR) is 139 cm³/mol. The number of hydrogen-bond acceptors (Lipinski definition) is 7. The number of likely N-dealkylation sites (N-methyl/N-ethyl adjacent to an activating group) is 1. The van der Waals surface area contributed by atoms with E-state index in [0.717, 1.165) is 47.5 Å². The molecule has 1 aliphatic rings. The standard InChI is InChI=1S/C26H26N4O3S2/c1-29-12-14-30(15-13-29)21-4-8-23(9-5-21)35(32,33)22-6-2-19(3-7-22)17-28-26(31)24-16-20-10-11-27-18-25(20)34-24/h2-11,16,18H,12-15,17H2,1H3,(H,28,31). The van der Waals surface area contributed by atoms with Gasteiger partial charge in [-0.3, -0.25) is 9.78 Å². The first-order chi connectivity index (χ1) is 16.9. The Morgan fingerprint density at radius 3 is 2.29 bits per heavy atom. The number of hydrogen-bond donors (Lipinski definition) is 1. The molecule has 4 aromatic rings. The zero-order valence-corrected chi connectivity index (χ0v) is 21.0. The zero-order chi connectivity index (χ0) is 24.4. The highest BCUT2D eigenvalue weighted by atomic mass is 32.2. The number of nitrogens with zero attached hydrogens (tertiary/aromatic N) is 3. The lowest BCUT2D eigenvalue weighted by molar-refractivity contribution is 0.0955. The molecule has 1 fully saturated rings. The molecule has 2 aromatic heterocycles. The molecule has 0 spiro atoms. The fourth-order valence-electron chi connectivity index (χ4n) is 4.09. The summed E-state index contributed by atoms with van der Waals surface area (Å²) in [5.74, 6) is -0.164. The van der Waals surface area contributed by atoms with Crippen molar-refractivity contribution in [3.8, 4) is 0 Å². The largest absolute Gasteiger partial charge is 0.369 e. The molecule has 1 N–H and O–H groups in total. The molecule has 2 aromatic carbocycles. The van der Waals surface area contributed by atoms with Gasteiger partial charge in [0.2, 0.25) is 9.84 Å². The number of pyridine rings is 1. The Labute approximate surface area is 208 Å². The van der Waals surface area contributed by atoms with Crippen LogP contribution in [0.25, 0.3) is 10.1 Å². The highest BCUT2D eigenvalue weighted by molar-refractivity contribution is 7.91. The number of piperazine rings is 1. The molecule has 0 radical (unpaired) electrons. The van der Waals surface area contributed by atoms with Crippen molar-refractivity contribution in [2.24, 2.45) is 0 Å². The van der Waals surface area contributed by atoms with Crippen molar-refractivity contribution in [1.29, 1.82) is 0 Å². The number of rotatable bonds is 6. The quantitative estimate of drug-likeness (QED) is 0.428. The van der Waals surface area contributed by atoms with Crippen molar-refractivity contribution in [2.75, 3.05) is 38.1 Å². The van der Waals surface area contributed by atoms with Gasteiger partial charge in [0.05, 0.1) is 19.4 Å². The van der Waals surface area contributed by atoms with Gasteiger partial charge in [0.1, 0.15) is 0 Å². The van der Waals surface area contributed by atoms with Crippen molar-refractivity contribution in [2.45, 2.75) is 16.3 Å². The van der Waals surface area contributed by atoms with Crippen LogP contribution in [0.3, 0.4) is 0 Å². The molecule has 5 rings (SSSR count). The number of fused-ring (bicyclic) bond motifs is 1. The topological polar surface area (TPSA) is 82.6 Å². The Morgan fingerprint density at radius 1 is 0.971 bits per heavy atom. The number of benzene rings is 2. The number of sulfone groups is 1. The fourth-order valence-corrected chi connectivity index (χ4v) is 6.30. The van der Waals surface area contributed by atoms with E-state index in [1.807, 2.05) is 24.3 Å². The summed E-state index contributed by atoms with van der Waals surface area (Å²) in [4.78, 5) is 22.3. The van der Waals surface area contributed by atoms with Crippen molar-refractivity contribution in [3.05, 3.63) is 83.5 Å². The summed E-state index contributed by atoms with van der Waals surface area (Å²) in [6.07, 6.45) is 3.45. The van der Waals surface area contributed by atoms with E-state index in [-0.39, 0.29) is 15.7 Å². The van der Waals surface area contributed by atoms with Crippen molar-refractivity contribution < 1.29 is 13.2 Å². The van der Waals surface area contributed by atoms with Gasteiger partial charge in [0.15, 0.2) is 0 Å². The van der Waals surface area contributed by atoms with Crippen LogP contribution >= 0.6 is 11.3 Å². The number of amides is 1. The van der Waals surface area contributed by atoms with E-state index < -0.39 is 9.84 Å². The van der Waals surface area contributed by atoms with Gasteiger partial charge in [-0.2, -0.15) is 0 Å². The van der Waals surface area contributed by atoms with Crippen molar-refractivity contribution in [1.82, 2.24) is 15.2 Å². The molecular weight excluding hydrogens is 480 g/mol. The Morgan fingerprint density at radius 2 is 1.63 bits per heavy atom. The first kappa shape index (κ1) is 23.5. The average molecular weight is 507 g/mol. The second-order valence-corrected chi connectivity index (χ2v) is 11.7. The molecule has 0 aliphatic carbocycles. The Kier molecular flexibility index (Phi) is 6.55. The molecule has 1 aliphatic heterocycles. The van der Waals surface area contributed by atoms with E-state index >= 15 is 0 Å². The molecule has 180 valence electrons. The van der Waals surface area contributed by atoms with Crippen LogP contribution in [0.4, 0.5) is 5.69 Å². The summed E-state index contributed by atoms with van der Waals surface area (Å²) in [6.45, 7) is 4.16. The summed E-state index contributed by atoms with van der Waals surface area (Å²) >= 11 is 1.39. The number of anilines is 1. The molecule has 9 heteroatoms. The van der Waals surface area contributed by atoms with Crippen LogP contribution in [0.2, 0.25) is 0 Å². The Balaban J connectivity index is 1.23. The summed E-state index contributed by atoms with van der Waals surface area (Å²) in [5.41, 5.74) is 1.86. The fraction of sp³-hybridized carbons (Fsp3) is 0.231. The third kappa shape index (κ3) is 5.07. The predicted octanol–water partition coefficient (Wildman–Crippen LogP) is 3.81. The maximum Gasteiger partial charge on any atom is 0.261 e. The number of aromatic nitrogens is 1. The molecule has 7 nitrogen and oxygen atoms in total. The van der Waals surface area contributed by atoms with E-state index in [0.29, 0.717) is 11.4 Å². The molecule has 3 heterocycles. The first-order valence-corrected chi connectivity index (χ1v) is 13.7. The van der Waals surface area contributed by atoms with Gasteiger partial charge in [0.25, 0.3) is 5.91 Å². The third-order valence-electron chi connectivity index (χ3n) is 6.25. The van der Waals surface area contributed by atoms with E-state index in [2.05, 4.69) is 27.1 Å². The Hall–Kier alpha value is -3.27. The molecule has 1 saturated heterocycles. The highest BCUT2D eigenvalue weighted by Crippen LogP contribution is 2.26. The second-order valence-electron chi connectivity index (χ2n) is 8.64. The van der Waals surface area contributed by atoms with Crippen LogP contribution in [-0.2, 0) is 16.4 Å². The monoisotopic (exact) mass is 506 g/mol. The van der Waals surface area contributed by atoms with Crippen molar-refractivity contribution in [3.63, 3.8) is 0 Å². The first-order valence-electron chi connectivity index (χ1n) is 11.4. The van der Waals surface area contributed by atoms with Gasteiger partial charge in [0, 0.05) is 50.8 Å². The van der Waals surface area contributed by atoms with Crippen LogP contribution in [0.5, 0.6) is 0 Å². The summed E-state index contributed by atoms with van der Waals surface area (Å²) < 4.78 is 27.2. The zero-order valence-electron chi connectivity index (χ0n) is 19.3. The van der Waals surface area contributed by atoms with Crippen LogP contribution in [0, 0.1) is 0 Å². The number of carbonyl (C=O) groups is 1. The molecule has 0 bridgehead atoms. The average Bonchev–Trinajstić information content (AvgIpc) is 3.33. The maximum absolute atomic E-state index is 13.1. The number of nitrogens with one attached hydrogen (secondary N) is 1. The van der Waals surface area contributed by atoms with Gasteiger partial charge < -0.3 is 15.1 Å². The Bertz CT molecular complexity index is 1410. The van der Waals surface area contributed by atoms with Crippen LogP contribution in [-0.4, -0.2) is 57.4 Å². The van der Waals surface area contributed by atoms with Gasteiger partial charge in [-0.25, -0.2) is 8.42 Å². The van der Waals surface area contributed by atoms with Crippen LogP contribution in [0.1, 0.15) is 15.2 Å². The van der Waals surface area contributed by atoms with E-state index in [1.54, 1.807) is 48.8 Å². The molecule has 1 amide bonds. The highest BCUT2D eigenvalue weighted by Gasteiger charge is 2.19. The lowest BCUT2D eigenvalue weighted by Gasteiger charge is -2.34. The lowest BCUT2D eigenvalue weighted by atomic mass is 10.2. The number of carbonyl (C=O) groups excluding carboxylic acids is 1. The van der Waals surface area contributed by atoms with Gasteiger partial charge >= 0.3 is 0 Å². The van der Waals surface area contributed by atoms with Crippen molar-refractivity contribution >= 4 is 42.9 Å². The minimum absolute atomic E-state index is 0.164. The summed E-state index contributed by atoms with van der Waals surface area (Å²) in [7, 11) is -1.51. The SMILES string of the molecule is CN1CCN(c2ccc(S(=O)(=O)c3ccc(CNC(=O)c4cc5ccncc5s4)cc3)cc2)CC1. The summed E-state index contributed by atoms with van der Waals surface area (Å²) in [5, 5.41) is 3.89. The van der Waals surface area contributed by atoms with Crippen LogP contribution < -0.4 is 10.2 Å². The lowest BCUT2D eigenvalue weighted by Crippen LogP contribution is -2.44. The van der Waals surface area contributed by atoms with E-state index in [1.165, 1.54) is 11.3 Å². The van der Waals surface area contributed by atoms with Gasteiger partial charge in [-0.15, -0.1) is 11.3 Å². The normalized spacial score (nSPS) is 14.8. The maximum atomic E-state index is 13.1. The molecular formula is C26H26N4O3S2. The molecule has 0 atom stereocenters.